The van der Waals surface area contributed by atoms with E-state index in [0.717, 1.165) is 11.8 Å². The van der Waals surface area contributed by atoms with Gasteiger partial charge >= 0.3 is 0 Å². The third-order valence-corrected chi connectivity index (χ3v) is 4.15. The smallest absolute Gasteiger partial charge is 0.252 e. The van der Waals surface area contributed by atoms with Gasteiger partial charge in [-0.1, -0.05) is 0 Å². The molecule has 3 aliphatic carbocycles. The van der Waals surface area contributed by atoms with Crippen LogP contribution in [0.5, 0.6) is 0 Å². The predicted molar refractivity (Wildman–Crippen MR) is 50.3 cm³/mol. The standard InChI is InChI=1S/C11H17F2N/c12-11(13)5-9(11)6-14-10-2-1-7-3-8(7)4-10/h7-10,14H,1-6H2. The maximum absolute atomic E-state index is 12.6. The van der Waals surface area contributed by atoms with Crippen molar-refractivity contribution < 1.29 is 8.78 Å². The minimum Gasteiger partial charge on any atom is -0.313 e. The number of hydrogen-bond acceptors (Lipinski definition) is 1. The van der Waals surface area contributed by atoms with Crippen LogP contribution in [0.15, 0.2) is 0 Å². The van der Waals surface area contributed by atoms with E-state index >= 15 is 0 Å². The molecule has 14 heavy (non-hydrogen) atoms. The Hall–Kier alpha value is -0.180. The molecule has 3 aliphatic rings. The van der Waals surface area contributed by atoms with E-state index in [1.54, 1.807) is 0 Å². The Kier molecular flexibility index (Phi) is 1.88. The topological polar surface area (TPSA) is 12.0 Å². The van der Waals surface area contributed by atoms with Crippen LogP contribution in [-0.2, 0) is 0 Å². The fourth-order valence-electron chi connectivity index (χ4n) is 2.84. The number of halogens is 2. The highest BCUT2D eigenvalue weighted by Gasteiger charge is 2.56. The first-order valence-corrected chi connectivity index (χ1v) is 5.76. The van der Waals surface area contributed by atoms with Crippen molar-refractivity contribution in [3.05, 3.63) is 0 Å². The van der Waals surface area contributed by atoms with Gasteiger partial charge in [0.2, 0.25) is 0 Å². The summed E-state index contributed by atoms with van der Waals surface area (Å²) < 4.78 is 25.2. The molecule has 80 valence electrons. The van der Waals surface area contributed by atoms with Crippen molar-refractivity contribution in [2.75, 3.05) is 6.54 Å². The zero-order chi connectivity index (χ0) is 9.76. The van der Waals surface area contributed by atoms with Crippen LogP contribution in [0, 0.1) is 17.8 Å². The van der Waals surface area contributed by atoms with Crippen LogP contribution in [0.4, 0.5) is 8.78 Å². The van der Waals surface area contributed by atoms with E-state index in [1.165, 1.54) is 25.7 Å². The van der Waals surface area contributed by atoms with E-state index in [9.17, 15) is 8.78 Å². The molecule has 0 aromatic carbocycles. The van der Waals surface area contributed by atoms with E-state index in [0.29, 0.717) is 12.6 Å². The van der Waals surface area contributed by atoms with Gasteiger partial charge in [0.1, 0.15) is 0 Å². The second-order valence-electron chi connectivity index (χ2n) is 5.34. The Morgan fingerprint density at radius 1 is 1.14 bits per heavy atom. The summed E-state index contributed by atoms with van der Waals surface area (Å²) >= 11 is 0. The van der Waals surface area contributed by atoms with Crippen LogP contribution >= 0.6 is 0 Å². The van der Waals surface area contributed by atoms with Crippen molar-refractivity contribution in [3.63, 3.8) is 0 Å². The molecule has 4 atom stereocenters. The van der Waals surface area contributed by atoms with Gasteiger partial charge in [-0.25, -0.2) is 8.78 Å². The molecule has 4 unspecified atom stereocenters. The molecular formula is C11H17F2N. The largest absolute Gasteiger partial charge is 0.313 e. The van der Waals surface area contributed by atoms with E-state index in [2.05, 4.69) is 5.32 Å². The normalized spacial score (nSPS) is 48.4. The fourth-order valence-corrected chi connectivity index (χ4v) is 2.84. The predicted octanol–water partition coefficient (Wildman–Crippen LogP) is 2.42. The van der Waals surface area contributed by atoms with Gasteiger partial charge in [0, 0.05) is 24.9 Å². The van der Waals surface area contributed by atoms with Gasteiger partial charge in [-0.3, -0.25) is 0 Å². The average molecular weight is 201 g/mol. The Morgan fingerprint density at radius 2 is 1.93 bits per heavy atom. The lowest BCUT2D eigenvalue weighted by Crippen LogP contribution is -2.34. The number of nitrogens with one attached hydrogen (secondary N) is 1. The SMILES string of the molecule is FC1(F)CC1CNC1CCC2CC2C1. The molecule has 0 bridgehead atoms. The minimum absolute atomic E-state index is 0.110. The van der Waals surface area contributed by atoms with Crippen LogP contribution in [0.3, 0.4) is 0 Å². The molecule has 0 saturated heterocycles. The number of alkyl halides is 2. The zero-order valence-electron chi connectivity index (χ0n) is 8.31. The van der Waals surface area contributed by atoms with Crippen LogP contribution < -0.4 is 5.32 Å². The molecule has 0 radical (unpaired) electrons. The van der Waals surface area contributed by atoms with E-state index in [-0.39, 0.29) is 12.3 Å². The Bertz CT molecular complexity index is 241. The zero-order valence-corrected chi connectivity index (χ0v) is 8.31. The fraction of sp³-hybridized carbons (Fsp3) is 1.00. The Morgan fingerprint density at radius 3 is 2.57 bits per heavy atom. The lowest BCUT2D eigenvalue weighted by Gasteiger charge is -2.22. The highest BCUT2D eigenvalue weighted by Crippen LogP contribution is 2.50. The van der Waals surface area contributed by atoms with E-state index in [4.69, 9.17) is 0 Å². The summed E-state index contributed by atoms with van der Waals surface area (Å²) in [7, 11) is 0. The van der Waals surface area contributed by atoms with Crippen molar-refractivity contribution >= 4 is 0 Å². The maximum atomic E-state index is 12.6. The van der Waals surface area contributed by atoms with Crippen molar-refractivity contribution in [2.45, 2.75) is 44.1 Å². The average Bonchev–Trinajstić information content (AvgIpc) is 2.98. The summed E-state index contributed by atoms with van der Waals surface area (Å²) in [4.78, 5) is 0. The second kappa shape index (κ2) is 2.91. The summed E-state index contributed by atoms with van der Waals surface area (Å²) in [5.41, 5.74) is 0. The van der Waals surface area contributed by atoms with Gasteiger partial charge in [0.25, 0.3) is 5.92 Å². The summed E-state index contributed by atoms with van der Waals surface area (Å²) in [5.74, 6) is -0.778. The van der Waals surface area contributed by atoms with Gasteiger partial charge in [-0.2, -0.15) is 0 Å². The van der Waals surface area contributed by atoms with E-state index < -0.39 is 5.92 Å². The third kappa shape index (κ3) is 1.67. The molecule has 0 aromatic heterocycles. The van der Waals surface area contributed by atoms with Gasteiger partial charge in [0.05, 0.1) is 0 Å². The molecule has 0 aliphatic heterocycles. The lowest BCUT2D eigenvalue weighted by molar-refractivity contribution is 0.0975. The quantitative estimate of drug-likeness (QED) is 0.739. The number of hydrogen-bond donors (Lipinski definition) is 1. The molecule has 0 aromatic rings. The van der Waals surface area contributed by atoms with Gasteiger partial charge in [0.15, 0.2) is 0 Å². The van der Waals surface area contributed by atoms with Crippen molar-refractivity contribution in [1.29, 1.82) is 0 Å². The van der Waals surface area contributed by atoms with Crippen LogP contribution in [0.2, 0.25) is 0 Å². The van der Waals surface area contributed by atoms with Crippen molar-refractivity contribution in [3.8, 4) is 0 Å². The molecule has 1 nitrogen and oxygen atoms in total. The second-order valence-corrected chi connectivity index (χ2v) is 5.34. The molecule has 3 heteroatoms. The molecule has 3 saturated carbocycles. The molecule has 0 amide bonds. The summed E-state index contributed by atoms with van der Waals surface area (Å²) in [6.07, 6.45) is 5.28. The number of rotatable bonds is 3. The maximum Gasteiger partial charge on any atom is 0.252 e. The molecule has 3 fully saturated rings. The lowest BCUT2D eigenvalue weighted by atomic mass is 9.95. The molecule has 1 N–H and O–H groups in total. The summed E-state index contributed by atoms with van der Waals surface area (Å²) in [6.45, 7) is 0.537. The van der Waals surface area contributed by atoms with Crippen molar-refractivity contribution in [1.82, 2.24) is 5.32 Å². The Balaban J connectivity index is 1.40. The molecular weight excluding hydrogens is 184 g/mol. The highest BCUT2D eigenvalue weighted by atomic mass is 19.3. The first-order chi connectivity index (χ1) is 6.65. The van der Waals surface area contributed by atoms with Crippen LogP contribution in [0.25, 0.3) is 0 Å². The van der Waals surface area contributed by atoms with Gasteiger partial charge in [-0.05, 0) is 37.5 Å². The first-order valence-electron chi connectivity index (χ1n) is 5.76. The monoisotopic (exact) mass is 201 g/mol. The highest BCUT2D eigenvalue weighted by molar-refractivity contribution is 4.99. The van der Waals surface area contributed by atoms with E-state index in [1.807, 2.05) is 0 Å². The summed E-state index contributed by atoms with van der Waals surface area (Å²) in [6, 6.07) is 0.537. The first kappa shape index (κ1) is 9.08. The molecule has 0 heterocycles. The third-order valence-electron chi connectivity index (χ3n) is 4.15. The Labute approximate surface area is 83.3 Å². The van der Waals surface area contributed by atoms with Crippen LogP contribution in [-0.4, -0.2) is 18.5 Å². The minimum atomic E-state index is -2.34. The van der Waals surface area contributed by atoms with Gasteiger partial charge < -0.3 is 5.32 Å². The van der Waals surface area contributed by atoms with Crippen LogP contribution in [0.1, 0.15) is 32.1 Å². The number of fused-ring (bicyclic) bond motifs is 1. The van der Waals surface area contributed by atoms with Gasteiger partial charge in [-0.15, -0.1) is 0 Å². The summed E-state index contributed by atoms with van der Waals surface area (Å²) in [5, 5.41) is 3.32. The van der Waals surface area contributed by atoms with Crippen molar-refractivity contribution in [2.24, 2.45) is 17.8 Å². The molecule has 0 spiro atoms. The molecule has 3 rings (SSSR count).